The molecule has 0 aromatic heterocycles. The number of amides is 2. The van der Waals surface area contributed by atoms with E-state index in [1.807, 2.05) is 12.1 Å². The van der Waals surface area contributed by atoms with Crippen LogP contribution in [0.1, 0.15) is 60.9 Å². The van der Waals surface area contributed by atoms with E-state index in [4.69, 9.17) is 12.2 Å². The van der Waals surface area contributed by atoms with Crippen LogP contribution in [0.25, 0.3) is 0 Å². The summed E-state index contributed by atoms with van der Waals surface area (Å²) in [4.78, 5) is 27.0. The third-order valence-corrected chi connectivity index (χ3v) is 5.46. The normalized spacial score (nSPS) is 11.2. The quantitative estimate of drug-likeness (QED) is 0.522. The summed E-state index contributed by atoms with van der Waals surface area (Å²) in [6.45, 7) is 13.9. The molecule has 2 aromatic carbocycles. The molecule has 0 heterocycles. The van der Waals surface area contributed by atoms with Crippen molar-refractivity contribution in [3.63, 3.8) is 0 Å². The second-order valence-corrected chi connectivity index (χ2v) is 9.00. The average Bonchev–Trinajstić information content (AvgIpc) is 2.76. The highest BCUT2D eigenvalue weighted by molar-refractivity contribution is 7.80. The molecular weight excluding hydrogens is 420 g/mol. The van der Waals surface area contributed by atoms with Crippen LogP contribution in [0.3, 0.4) is 0 Å². The number of thiocarbonyl (C=S) groups is 1. The highest BCUT2D eigenvalue weighted by atomic mass is 32.1. The van der Waals surface area contributed by atoms with Crippen LogP contribution in [0.15, 0.2) is 48.5 Å². The van der Waals surface area contributed by atoms with Crippen molar-refractivity contribution >= 4 is 34.8 Å². The van der Waals surface area contributed by atoms with Crippen LogP contribution in [0, 0.1) is 0 Å². The number of nitrogens with zero attached hydrogens (tertiary/aromatic N) is 1. The van der Waals surface area contributed by atoms with E-state index in [1.54, 1.807) is 36.4 Å². The number of hydrogen-bond donors (Lipinski definition) is 3. The van der Waals surface area contributed by atoms with Crippen molar-refractivity contribution in [1.29, 1.82) is 0 Å². The minimum atomic E-state index is -0.271. The van der Waals surface area contributed by atoms with Gasteiger partial charge in [-0.25, -0.2) is 0 Å². The minimum Gasteiger partial charge on any atom is -0.351 e. The fourth-order valence-electron chi connectivity index (χ4n) is 3.13. The molecule has 0 aliphatic heterocycles. The molecule has 7 heteroatoms. The molecule has 0 aliphatic carbocycles. The molecule has 3 N–H and O–H groups in total. The van der Waals surface area contributed by atoms with Gasteiger partial charge in [0.25, 0.3) is 11.8 Å². The fourth-order valence-corrected chi connectivity index (χ4v) is 3.34. The molecule has 32 heavy (non-hydrogen) atoms. The van der Waals surface area contributed by atoms with Crippen LogP contribution in [0.2, 0.25) is 0 Å². The van der Waals surface area contributed by atoms with Gasteiger partial charge >= 0.3 is 0 Å². The van der Waals surface area contributed by atoms with Gasteiger partial charge in [-0.15, -0.1) is 0 Å². The molecule has 0 unspecified atom stereocenters. The summed E-state index contributed by atoms with van der Waals surface area (Å²) in [6.07, 6.45) is 0. The zero-order chi connectivity index (χ0) is 23.7. The van der Waals surface area contributed by atoms with E-state index in [-0.39, 0.29) is 22.3 Å². The molecule has 2 rings (SSSR count). The van der Waals surface area contributed by atoms with E-state index in [2.05, 4.69) is 55.5 Å². The molecule has 0 bridgehead atoms. The molecule has 0 aliphatic rings. The van der Waals surface area contributed by atoms with E-state index in [9.17, 15) is 9.59 Å². The first-order chi connectivity index (χ1) is 15.1. The Labute approximate surface area is 196 Å². The third kappa shape index (κ3) is 7.73. The monoisotopic (exact) mass is 454 g/mol. The van der Waals surface area contributed by atoms with Crippen LogP contribution in [-0.4, -0.2) is 48.0 Å². The summed E-state index contributed by atoms with van der Waals surface area (Å²) in [5.41, 5.74) is 2.99. The topological polar surface area (TPSA) is 73.5 Å². The molecule has 0 saturated carbocycles. The van der Waals surface area contributed by atoms with Crippen LogP contribution >= 0.6 is 12.2 Å². The third-order valence-electron chi connectivity index (χ3n) is 5.25. The summed E-state index contributed by atoms with van der Waals surface area (Å²) in [6, 6.07) is 14.5. The lowest BCUT2D eigenvalue weighted by Crippen LogP contribution is -2.35. The van der Waals surface area contributed by atoms with Crippen LogP contribution in [0.4, 0.5) is 5.69 Å². The Kier molecular flexibility index (Phi) is 9.35. The Balaban J connectivity index is 1.85. The molecule has 172 valence electrons. The molecule has 0 spiro atoms. The lowest BCUT2D eigenvalue weighted by molar-refractivity contribution is 0.0947. The second-order valence-electron chi connectivity index (χ2n) is 8.60. The van der Waals surface area contributed by atoms with Gasteiger partial charge in [0.05, 0.1) is 0 Å². The summed E-state index contributed by atoms with van der Waals surface area (Å²) in [7, 11) is 0. The van der Waals surface area contributed by atoms with Crippen molar-refractivity contribution in [1.82, 2.24) is 15.5 Å². The number of nitrogens with one attached hydrogen (secondary N) is 3. The molecular formula is C25H34N4O2S. The molecule has 0 radical (unpaired) electrons. The Bertz CT molecular complexity index is 914. The first-order valence-electron chi connectivity index (χ1n) is 11.0. The lowest BCUT2D eigenvalue weighted by Gasteiger charge is -2.19. The van der Waals surface area contributed by atoms with Crippen molar-refractivity contribution in [3.05, 3.63) is 65.2 Å². The van der Waals surface area contributed by atoms with Gasteiger partial charge in [-0.3, -0.25) is 14.9 Å². The summed E-state index contributed by atoms with van der Waals surface area (Å²) < 4.78 is 0. The number of hydrogen-bond acceptors (Lipinski definition) is 4. The number of carbonyl (C=O) groups is 2. The van der Waals surface area contributed by atoms with Gasteiger partial charge in [-0.1, -0.05) is 46.8 Å². The van der Waals surface area contributed by atoms with Crippen LogP contribution < -0.4 is 16.0 Å². The van der Waals surface area contributed by atoms with Gasteiger partial charge in [0.1, 0.15) is 0 Å². The number of benzene rings is 2. The molecule has 6 nitrogen and oxygen atoms in total. The zero-order valence-corrected chi connectivity index (χ0v) is 20.4. The zero-order valence-electron chi connectivity index (χ0n) is 19.6. The van der Waals surface area contributed by atoms with Crippen LogP contribution in [0.5, 0.6) is 0 Å². The van der Waals surface area contributed by atoms with E-state index >= 15 is 0 Å². The van der Waals surface area contributed by atoms with Gasteiger partial charge in [-0.2, -0.15) is 0 Å². The molecule has 2 aromatic rings. The predicted molar refractivity (Wildman–Crippen MR) is 135 cm³/mol. The second kappa shape index (κ2) is 11.7. The lowest BCUT2D eigenvalue weighted by atomic mass is 9.87. The Morgan fingerprint density at radius 2 is 1.41 bits per heavy atom. The molecule has 0 saturated heterocycles. The maximum absolute atomic E-state index is 12.4. The molecule has 0 fully saturated rings. The summed E-state index contributed by atoms with van der Waals surface area (Å²) in [5, 5.41) is 8.80. The van der Waals surface area contributed by atoms with Crippen molar-refractivity contribution < 1.29 is 9.59 Å². The van der Waals surface area contributed by atoms with E-state index < -0.39 is 0 Å². The number of anilines is 1. The van der Waals surface area contributed by atoms with Gasteiger partial charge in [0, 0.05) is 29.9 Å². The van der Waals surface area contributed by atoms with E-state index in [1.165, 1.54) is 0 Å². The van der Waals surface area contributed by atoms with Gasteiger partial charge in [0.2, 0.25) is 0 Å². The SMILES string of the molecule is CCN(CC)CCNC(=O)c1ccc(NC(=S)NC(=O)c2ccc(C(C)(C)C)cc2)cc1. The largest absolute Gasteiger partial charge is 0.351 e. The van der Waals surface area contributed by atoms with E-state index in [0.717, 1.165) is 25.2 Å². The Morgan fingerprint density at radius 1 is 0.875 bits per heavy atom. The highest BCUT2D eigenvalue weighted by Gasteiger charge is 2.15. The minimum absolute atomic E-state index is 0.0281. The first-order valence-corrected chi connectivity index (χ1v) is 11.4. The van der Waals surface area contributed by atoms with Crippen molar-refractivity contribution in [2.24, 2.45) is 0 Å². The standard InChI is InChI=1S/C25H34N4O2S/c1-6-29(7-2)17-16-26-22(30)18-10-14-21(15-11-18)27-24(32)28-23(31)19-8-12-20(13-9-19)25(3,4)5/h8-15H,6-7,16-17H2,1-5H3,(H,26,30)(H2,27,28,31,32). The van der Waals surface area contributed by atoms with Crippen molar-refractivity contribution in [2.75, 3.05) is 31.5 Å². The number of carbonyl (C=O) groups excluding carboxylic acids is 2. The highest BCUT2D eigenvalue weighted by Crippen LogP contribution is 2.22. The van der Waals surface area contributed by atoms with E-state index in [0.29, 0.717) is 23.4 Å². The number of likely N-dealkylation sites (N-methyl/N-ethyl adjacent to an activating group) is 1. The van der Waals surface area contributed by atoms with Crippen molar-refractivity contribution in [3.8, 4) is 0 Å². The average molecular weight is 455 g/mol. The fraction of sp³-hybridized carbons (Fsp3) is 0.400. The Hall–Kier alpha value is -2.77. The number of rotatable bonds is 8. The summed E-state index contributed by atoms with van der Waals surface area (Å²) in [5.74, 6) is -0.384. The van der Waals surface area contributed by atoms with Crippen molar-refractivity contribution in [2.45, 2.75) is 40.0 Å². The maximum Gasteiger partial charge on any atom is 0.257 e. The van der Waals surface area contributed by atoms with Gasteiger partial charge in [-0.05, 0) is 72.7 Å². The first kappa shape index (κ1) is 25.5. The predicted octanol–water partition coefficient (Wildman–Crippen LogP) is 4.18. The van der Waals surface area contributed by atoms with Crippen LogP contribution in [-0.2, 0) is 5.41 Å². The van der Waals surface area contributed by atoms with Gasteiger partial charge < -0.3 is 15.5 Å². The Morgan fingerprint density at radius 3 is 1.94 bits per heavy atom. The maximum atomic E-state index is 12.4. The van der Waals surface area contributed by atoms with Gasteiger partial charge in [0.15, 0.2) is 5.11 Å². The molecule has 0 atom stereocenters. The molecule has 2 amide bonds. The summed E-state index contributed by atoms with van der Waals surface area (Å²) >= 11 is 5.26. The smallest absolute Gasteiger partial charge is 0.257 e.